The van der Waals surface area contributed by atoms with Gasteiger partial charge in [0, 0.05) is 52.8 Å². The van der Waals surface area contributed by atoms with Gasteiger partial charge in [-0.15, -0.1) is 11.3 Å². The number of fused-ring (bicyclic) bond motifs is 9. The van der Waals surface area contributed by atoms with Crippen molar-refractivity contribution in [2.45, 2.75) is 6.17 Å². The van der Waals surface area contributed by atoms with E-state index in [0.29, 0.717) is 5.84 Å². The summed E-state index contributed by atoms with van der Waals surface area (Å²) >= 11 is 1.85. The Hall–Kier alpha value is -7.28. The summed E-state index contributed by atoms with van der Waals surface area (Å²) in [6.07, 6.45) is -0.277. The van der Waals surface area contributed by atoms with Crippen molar-refractivity contribution in [3.8, 4) is 16.8 Å². The Morgan fingerprint density at radius 3 is 2.02 bits per heavy atom. The van der Waals surface area contributed by atoms with E-state index in [-0.39, 0.29) is 6.17 Å². The molecule has 8 aromatic carbocycles. The molecule has 0 saturated heterocycles. The Morgan fingerprint density at radius 2 is 1.21 bits per heavy atom. The van der Waals surface area contributed by atoms with Crippen LogP contribution >= 0.6 is 11.3 Å². The monoisotopic (exact) mass is 748 g/mol. The fourth-order valence-electron chi connectivity index (χ4n) is 8.68. The summed E-state index contributed by atoms with van der Waals surface area (Å²) in [5.41, 5.74) is 10.6. The molecule has 4 heterocycles. The lowest BCUT2D eigenvalue weighted by Crippen LogP contribution is -2.33. The van der Waals surface area contributed by atoms with Crippen LogP contribution in [0, 0.1) is 0 Å². The van der Waals surface area contributed by atoms with Crippen LogP contribution in [0.2, 0.25) is 0 Å². The molecule has 57 heavy (non-hydrogen) atoms. The van der Waals surface area contributed by atoms with E-state index >= 15 is 0 Å². The van der Waals surface area contributed by atoms with Crippen LogP contribution in [-0.4, -0.2) is 16.2 Å². The highest BCUT2D eigenvalue weighted by Gasteiger charge is 2.23. The highest BCUT2D eigenvalue weighted by molar-refractivity contribution is 7.25. The second-order valence-corrected chi connectivity index (χ2v) is 15.6. The second kappa shape index (κ2) is 12.6. The lowest BCUT2D eigenvalue weighted by molar-refractivity contribution is 0.669. The molecular weight excluding hydrogens is 717 g/mol. The van der Waals surface area contributed by atoms with E-state index in [1.165, 1.54) is 47.7 Å². The van der Waals surface area contributed by atoms with Gasteiger partial charge < -0.3 is 14.3 Å². The number of aliphatic imine (C=N–C) groups is 2. The summed E-state index contributed by atoms with van der Waals surface area (Å²) in [7, 11) is 0. The minimum atomic E-state index is -0.277. The topological polar surface area (TPSA) is 54.8 Å². The lowest BCUT2D eigenvalue weighted by atomic mass is 9.97. The molecule has 0 aliphatic carbocycles. The molecule has 0 amide bonds. The number of para-hydroxylation sites is 2. The Bertz CT molecular complexity index is 3390. The normalized spacial score (nSPS) is 14.5. The molecule has 0 bridgehead atoms. The van der Waals surface area contributed by atoms with Crippen molar-refractivity contribution in [1.82, 2.24) is 9.88 Å². The van der Waals surface area contributed by atoms with Gasteiger partial charge in [-0.1, -0.05) is 121 Å². The third-order valence-electron chi connectivity index (χ3n) is 11.3. The van der Waals surface area contributed by atoms with Crippen molar-refractivity contribution in [2.24, 2.45) is 9.98 Å². The van der Waals surface area contributed by atoms with Crippen molar-refractivity contribution in [3.63, 3.8) is 0 Å². The Kier molecular flexibility index (Phi) is 7.09. The van der Waals surface area contributed by atoms with E-state index in [1.54, 1.807) is 0 Å². The van der Waals surface area contributed by atoms with E-state index in [1.807, 2.05) is 47.7 Å². The molecular formula is C51H32N4OS. The van der Waals surface area contributed by atoms with E-state index in [4.69, 9.17) is 14.4 Å². The predicted molar refractivity (Wildman–Crippen MR) is 238 cm³/mol. The molecule has 1 atom stereocenters. The number of benzene rings is 8. The number of rotatable bonds is 5. The van der Waals surface area contributed by atoms with Crippen LogP contribution < -0.4 is 5.32 Å². The van der Waals surface area contributed by atoms with Crippen LogP contribution in [0.15, 0.2) is 196 Å². The Balaban J connectivity index is 1.04. The van der Waals surface area contributed by atoms with Crippen LogP contribution in [0.3, 0.4) is 0 Å². The Labute approximate surface area is 331 Å². The summed E-state index contributed by atoms with van der Waals surface area (Å²) in [5, 5.41) is 10.7. The molecule has 11 aromatic rings. The fraction of sp³-hybridized carbons (Fsp3) is 0.0196. The van der Waals surface area contributed by atoms with Gasteiger partial charge in [0.15, 0.2) is 5.84 Å². The van der Waals surface area contributed by atoms with Crippen LogP contribution in [0.4, 0.5) is 0 Å². The highest BCUT2D eigenvalue weighted by atomic mass is 32.1. The maximum absolute atomic E-state index is 6.54. The van der Waals surface area contributed by atoms with Gasteiger partial charge >= 0.3 is 0 Å². The third kappa shape index (κ3) is 5.08. The molecule has 3 aromatic heterocycles. The molecule has 0 radical (unpaired) electrons. The maximum atomic E-state index is 6.54. The first-order chi connectivity index (χ1) is 28.2. The van der Waals surface area contributed by atoms with Crippen LogP contribution in [0.5, 0.6) is 0 Å². The van der Waals surface area contributed by atoms with Gasteiger partial charge in [-0.05, 0) is 77.4 Å². The number of nitrogens with one attached hydrogen (secondary N) is 1. The number of nitrogens with zero attached hydrogens (tertiary/aromatic N) is 3. The summed E-state index contributed by atoms with van der Waals surface area (Å²) in [4.78, 5) is 10.3. The van der Waals surface area contributed by atoms with Gasteiger partial charge in [-0.3, -0.25) is 0 Å². The van der Waals surface area contributed by atoms with E-state index < -0.39 is 0 Å². The van der Waals surface area contributed by atoms with Crippen molar-refractivity contribution >= 4 is 86.9 Å². The van der Waals surface area contributed by atoms with E-state index in [9.17, 15) is 0 Å². The fourth-order valence-corrected chi connectivity index (χ4v) is 9.78. The van der Waals surface area contributed by atoms with Gasteiger partial charge in [0.05, 0.1) is 16.7 Å². The first-order valence-corrected chi connectivity index (χ1v) is 20.0. The number of aromatic nitrogens is 1. The van der Waals surface area contributed by atoms with Gasteiger partial charge in [0.2, 0.25) is 0 Å². The quantitative estimate of drug-likeness (QED) is 0.191. The average molecular weight is 749 g/mol. The zero-order chi connectivity index (χ0) is 37.5. The van der Waals surface area contributed by atoms with Gasteiger partial charge in [0.1, 0.15) is 23.2 Å². The van der Waals surface area contributed by atoms with Crippen molar-refractivity contribution in [2.75, 3.05) is 0 Å². The number of furan rings is 1. The summed E-state index contributed by atoms with van der Waals surface area (Å²) in [5.74, 6) is 1.47. The molecule has 1 unspecified atom stereocenters. The van der Waals surface area contributed by atoms with Gasteiger partial charge in [-0.2, -0.15) is 0 Å². The average Bonchev–Trinajstić information content (AvgIpc) is 3.96. The summed E-state index contributed by atoms with van der Waals surface area (Å²) in [6, 6.07) is 64.4. The number of amidine groups is 2. The smallest absolute Gasteiger partial charge is 0.159 e. The molecule has 6 heteroatoms. The van der Waals surface area contributed by atoms with Crippen molar-refractivity contribution in [3.05, 3.63) is 199 Å². The van der Waals surface area contributed by atoms with E-state index in [2.05, 4.69) is 155 Å². The minimum absolute atomic E-state index is 0.277. The van der Waals surface area contributed by atoms with Crippen molar-refractivity contribution < 1.29 is 4.42 Å². The molecule has 5 nitrogen and oxygen atoms in total. The zero-order valence-electron chi connectivity index (χ0n) is 30.6. The number of hydrogen-bond donors (Lipinski definition) is 1. The minimum Gasteiger partial charge on any atom is -0.456 e. The van der Waals surface area contributed by atoms with Crippen molar-refractivity contribution in [1.29, 1.82) is 0 Å². The van der Waals surface area contributed by atoms with Crippen LogP contribution in [0.1, 0.15) is 22.9 Å². The second-order valence-electron chi connectivity index (χ2n) is 14.6. The number of hydrogen-bond acceptors (Lipinski definition) is 5. The molecule has 268 valence electrons. The summed E-state index contributed by atoms with van der Waals surface area (Å²) < 4.78 is 11.5. The van der Waals surface area contributed by atoms with E-state index in [0.717, 1.165) is 55.6 Å². The SMILES string of the molecule is c1ccc(C2=NC(c3ccc4oc5cccc(-c6ccc7sc8cccc(-n9c%10ccccc%10c%10ccccc%109)c8c7c6)c5c4c3)=NC(c3ccccc3)N2)cc1. The molecule has 0 saturated carbocycles. The van der Waals surface area contributed by atoms with Gasteiger partial charge in [0.25, 0.3) is 0 Å². The zero-order valence-corrected chi connectivity index (χ0v) is 31.4. The molecule has 0 spiro atoms. The first-order valence-electron chi connectivity index (χ1n) is 19.2. The third-order valence-corrected chi connectivity index (χ3v) is 12.4. The first kappa shape index (κ1) is 32.0. The molecule has 1 aliphatic rings. The lowest BCUT2D eigenvalue weighted by Gasteiger charge is -2.23. The van der Waals surface area contributed by atoms with Gasteiger partial charge in [-0.25, -0.2) is 9.98 Å². The maximum Gasteiger partial charge on any atom is 0.159 e. The van der Waals surface area contributed by atoms with Crippen LogP contribution in [0.25, 0.3) is 80.7 Å². The highest BCUT2D eigenvalue weighted by Crippen LogP contribution is 2.44. The Morgan fingerprint density at radius 1 is 0.509 bits per heavy atom. The largest absolute Gasteiger partial charge is 0.456 e. The standard InChI is InChI=1S/C51H32N4OS/c1-3-13-31(14-4-1)49-52-50(32-15-5-2-6-16-32)54-51(53-49)34-25-27-43-38(30-34)47-35(19-11-23-44(47)56-43)33-26-28-45-39(29-33)48-42(22-12-24-46(48)57-45)55-40-20-9-7-17-36(40)37-18-8-10-21-41(37)55/h1-30,49H,(H,52,53,54). The predicted octanol–water partition coefficient (Wildman–Crippen LogP) is 13.2. The molecule has 1 aliphatic heterocycles. The number of thiophene rings is 1. The molecule has 1 N–H and O–H groups in total. The summed E-state index contributed by atoms with van der Waals surface area (Å²) in [6.45, 7) is 0. The molecule has 12 rings (SSSR count). The molecule has 0 fully saturated rings. The van der Waals surface area contributed by atoms with Crippen LogP contribution in [-0.2, 0) is 0 Å².